The largest absolute Gasteiger partial charge is 0.486 e. The van der Waals surface area contributed by atoms with E-state index in [9.17, 15) is 4.79 Å². The fraction of sp³-hybridized carbons (Fsp3) is 0.125. The lowest BCUT2D eigenvalue weighted by Gasteiger charge is -2.33. The summed E-state index contributed by atoms with van der Waals surface area (Å²) in [4.78, 5) is 13.3. The lowest BCUT2D eigenvalue weighted by atomic mass is 10.0. The summed E-state index contributed by atoms with van der Waals surface area (Å²) < 4.78 is 7.66. The summed E-state index contributed by atoms with van der Waals surface area (Å²) in [6.07, 6.45) is 0. The van der Waals surface area contributed by atoms with Crippen LogP contribution in [-0.2, 0) is 11.4 Å². The van der Waals surface area contributed by atoms with Crippen LogP contribution in [0.4, 0.5) is 5.69 Å². The fourth-order valence-corrected chi connectivity index (χ4v) is 4.84. The molecule has 1 aliphatic heterocycles. The SMILES string of the molecule is O=C(Nc1cccc(Cl)c1)[C@H]1Sc2nnc(COc3ccccc3)n2N[C@@H]1c1ccccc1. The molecule has 2 heterocycles. The number of hydrogen-bond donors (Lipinski definition) is 2. The van der Waals surface area contributed by atoms with Crippen LogP contribution in [0, 0.1) is 0 Å². The third-order valence-corrected chi connectivity index (χ3v) is 6.57. The number of halogens is 1. The highest BCUT2D eigenvalue weighted by Gasteiger charge is 2.38. The predicted molar refractivity (Wildman–Crippen MR) is 129 cm³/mol. The number of anilines is 1. The molecule has 0 bridgehead atoms. The molecule has 166 valence electrons. The number of rotatable bonds is 6. The number of nitrogens with one attached hydrogen (secondary N) is 2. The molecule has 0 saturated carbocycles. The average Bonchev–Trinajstić information content (AvgIpc) is 3.25. The maximum Gasteiger partial charge on any atom is 0.240 e. The number of ether oxygens (including phenoxy) is 1. The van der Waals surface area contributed by atoms with Crippen LogP contribution >= 0.6 is 23.4 Å². The van der Waals surface area contributed by atoms with Crippen molar-refractivity contribution < 1.29 is 9.53 Å². The summed E-state index contributed by atoms with van der Waals surface area (Å²) in [5.74, 6) is 1.22. The first-order valence-electron chi connectivity index (χ1n) is 10.3. The van der Waals surface area contributed by atoms with E-state index >= 15 is 0 Å². The second-order valence-electron chi connectivity index (χ2n) is 7.39. The molecule has 9 heteroatoms. The van der Waals surface area contributed by atoms with Gasteiger partial charge in [-0.1, -0.05) is 78.0 Å². The van der Waals surface area contributed by atoms with Gasteiger partial charge >= 0.3 is 0 Å². The van der Waals surface area contributed by atoms with Crippen molar-refractivity contribution >= 4 is 35.0 Å². The number of carbonyl (C=O) groups excluding carboxylic acids is 1. The van der Waals surface area contributed by atoms with Gasteiger partial charge in [0.05, 0.1) is 6.04 Å². The first kappa shape index (κ1) is 21.4. The van der Waals surface area contributed by atoms with Crippen LogP contribution in [0.2, 0.25) is 5.02 Å². The Morgan fingerprint density at radius 2 is 1.79 bits per heavy atom. The molecule has 5 rings (SSSR count). The summed E-state index contributed by atoms with van der Waals surface area (Å²) in [5.41, 5.74) is 5.05. The molecular formula is C24H20ClN5O2S. The van der Waals surface area contributed by atoms with E-state index in [0.29, 0.717) is 21.7 Å². The van der Waals surface area contributed by atoms with Crippen molar-refractivity contribution in [1.82, 2.24) is 14.9 Å². The van der Waals surface area contributed by atoms with Gasteiger partial charge in [-0.05, 0) is 35.9 Å². The zero-order valence-corrected chi connectivity index (χ0v) is 19.0. The second kappa shape index (κ2) is 9.56. The van der Waals surface area contributed by atoms with E-state index in [1.54, 1.807) is 22.9 Å². The minimum Gasteiger partial charge on any atom is -0.486 e. The van der Waals surface area contributed by atoms with Crippen molar-refractivity contribution in [1.29, 1.82) is 0 Å². The van der Waals surface area contributed by atoms with Gasteiger partial charge in [0.1, 0.15) is 17.6 Å². The Balaban J connectivity index is 1.41. The van der Waals surface area contributed by atoms with Crippen molar-refractivity contribution in [3.05, 3.63) is 101 Å². The second-order valence-corrected chi connectivity index (χ2v) is 8.94. The maximum atomic E-state index is 13.3. The molecule has 0 fully saturated rings. The summed E-state index contributed by atoms with van der Waals surface area (Å²) in [6, 6.07) is 26.2. The van der Waals surface area contributed by atoms with Gasteiger partial charge in [0.2, 0.25) is 11.1 Å². The van der Waals surface area contributed by atoms with E-state index < -0.39 is 5.25 Å². The number of aromatic nitrogens is 3. The number of nitrogens with zero attached hydrogens (tertiary/aromatic N) is 3. The van der Waals surface area contributed by atoms with Crippen molar-refractivity contribution in [2.45, 2.75) is 23.1 Å². The molecule has 0 radical (unpaired) electrons. The summed E-state index contributed by atoms with van der Waals surface area (Å²) in [7, 11) is 0. The molecule has 0 aliphatic carbocycles. The third kappa shape index (κ3) is 4.81. The number of thioether (sulfide) groups is 1. The van der Waals surface area contributed by atoms with Crippen LogP contribution in [0.15, 0.2) is 90.1 Å². The maximum absolute atomic E-state index is 13.3. The van der Waals surface area contributed by atoms with Crippen molar-refractivity contribution in [2.75, 3.05) is 10.7 Å². The molecular weight excluding hydrogens is 458 g/mol. The lowest BCUT2D eigenvalue weighted by Crippen LogP contribution is -2.41. The van der Waals surface area contributed by atoms with Crippen molar-refractivity contribution in [3.63, 3.8) is 0 Å². The summed E-state index contributed by atoms with van der Waals surface area (Å²) in [5, 5.41) is 12.2. The fourth-order valence-electron chi connectivity index (χ4n) is 3.55. The number of fused-ring (bicyclic) bond motifs is 1. The monoisotopic (exact) mass is 477 g/mol. The Morgan fingerprint density at radius 1 is 1.03 bits per heavy atom. The summed E-state index contributed by atoms with van der Waals surface area (Å²) >= 11 is 7.44. The Hall–Kier alpha value is -3.49. The predicted octanol–water partition coefficient (Wildman–Crippen LogP) is 4.91. The van der Waals surface area contributed by atoms with Gasteiger partial charge in [0, 0.05) is 10.7 Å². The molecule has 0 saturated heterocycles. The average molecular weight is 478 g/mol. The Labute approximate surface area is 200 Å². The van der Waals surface area contributed by atoms with Crippen LogP contribution in [0.3, 0.4) is 0 Å². The molecule has 7 nitrogen and oxygen atoms in total. The van der Waals surface area contributed by atoms with Crippen LogP contribution in [0.25, 0.3) is 0 Å². The quantitative estimate of drug-likeness (QED) is 0.410. The van der Waals surface area contributed by atoms with Crippen LogP contribution in [0.5, 0.6) is 5.75 Å². The molecule has 33 heavy (non-hydrogen) atoms. The van der Waals surface area contributed by atoms with Crippen LogP contribution in [0.1, 0.15) is 17.4 Å². The number of amides is 1. The number of para-hydroxylation sites is 1. The van der Waals surface area contributed by atoms with E-state index in [0.717, 1.165) is 11.3 Å². The molecule has 4 aromatic rings. The molecule has 0 unspecified atom stereocenters. The molecule has 0 spiro atoms. The summed E-state index contributed by atoms with van der Waals surface area (Å²) in [6.45, 7) is 0.242. The van der Waals surface area contributed by atoms with E-state index in [1.807, 2.05) is 66.7 Å². The first-order chi connectivity index (χ1) is 16.2. The first-order valence-corrected chi connectivity index (χ1v) is 11.6. The van der Waals surface area contributed by atoms with Gasteiger partial charge < -0.3 is 15.5 Å². The van der Waals surface area contributed by atoms with Crippen LogP contribution in [-0.4, -0.2) is 26.0 Å². The van der Waals surface area contributed by atoms with E-state index in [2.05, 4.69) is 20.9 Å². The number of hydrogen-bond acceptors (Lipinski definition) is 6. The van der Waals surface area contributed by atoms with Crippen molar-refractivity contribution in [2.24, 2.45) is 0 Å². The Kier molecular flexibility index (Phi) is 6.19. The molecule has 2 N–H and O–H groups in total. The third-order valence-electron chi connectivity index (χ3n) is 5.12. The highest BCUT2D eigenvalue weighted by Crippen LogP contribution is 2.37. The smallest absolute Gasteiger partial charge is 0.240 e. The van der Waals surface area contributed by atoms with Gasteiger partial charge in [-0.3, -0.25) is 4.79 Å². The lowest BCUT2D eigenvalue weighted by molar-refractivity contribution is -0.116. The standard InChI is InChI=1S/C24H20ClN5O2S/c25-17-10-7-11-18(14-17)26-23(31)22-21(16-8-3-1-4-9-16)29-30-20(27-28-24(30)33-22)15-32-19-12-5-2-6-13-19/h1-14,21-22,29H,15H2,(H,26,31)/t21-,22+/m1/s1. The van der Waals surface area contributed by atoms with Gasteiger partial charge in [0.25, 0.3) is 0 Å². The topological polar surface area (TPSA) is 81.1 Å². The number of carbonyl (C=O) groups is 1. The van der Waals surface area contributed by atoms with Gasteiger partial charge in [-0.2, -0.15) is 0 Å². The van der Waals surface area contributed by atoms with Gasteiger partial charge in [0.15, 0.2) is 5.82 Å². The minimum atomic E-state index is -0.481. The Morgan fingerprint density at radius 3 is 2.55 bits per heavy atom. The normalized spacial score (nSPS) is 17.0. The van der Waals surface area contributed by atoms with Crippen molar-refractivity contribution in [3.8, 4) is 5.75 Å². The van der Waals surface area contributed by atoms with E-state index in [4.69, 9.17) is 16.3 Å². The van der Waals surface area contributed by atoms with E-state index in [-0.39, 0.29) is 18.6 Å². The molecule has 3 aromatic carbocycles. The zero-order chi connectivity index (χ0) is 22.6. The van der Waals surface area contributed by atoms with Gasteiger partial charge in [-0.25, -0.2) is 4.68 Å². The number of benzene rings is 3. The van der Waals surface area contributed by atoms with Crippen LogP contribution < -0.4 is 15.5 Å². The molecule has 1 amide bonds. The van der Waals surface area contributed by atoms with E-state index in [1.165, 1.54) is 11.8 Å². The van der Waals surface area contributed by atoms with Gasteiger partial charge in [-0.15, -0.1) is 10.2 Å². The minimum absolute atomic E-state index is 0.153. The highest BCUT2D eigenvalue weighted by molar-refractivity contribution is 8.00. The molecule has 2 atom stereocenters. The Bertz CT molecular complexity index is 1250. The molecule has 1 aliphatic rings. The molecule has 1 aromatic heterocycles. The zero-order valence-electron chi connectivity index (χ0n) is 17.4. The highest BCUT2D eigenvalue weighted by atomic mass is 35.5.